The van der Waals surface area contributed by atoms with Gasteiger partial charge in [0.1, 0.15) is 6.33 Å². The van der Waals surface area contributed by atoms with Gasteiger partial charge in [-0.2, -0.15) is 5.10 Å². The number of hydrogen-bond donors (Lipinski definition) is 2. The van der Waals surface area contributed by atoms with Crippen LogP contribution in [0.3, 0.4) is 0 Å². The Kier molecular flexibility index (Phi) is 5.62. The summed E-state index contributed by atoms with van der Waals surface area (Å²) in [6.07, 6.45) is 2.84. The highest BCUT2D eigenvalue weighted by Crippen LogP contribution is 1.88. The molecule has 1 rings (SSSR count). The van der Waals surface area contributed by atoms with Crippen LogP contribution in [-0.2, 0) is 18.3 Å². The van der Waals surface area contributed by atoms with Gasteiger partial charge in [-0.3, -0.25) is 9.48 Å². The number of rotatable bonds is 7. The zero-order valence-electron chi connectivity index (χ0n) is 10.7. The third-order valence-corrected chi connectivity index (χ3v) is 2.22. The van der Waals surface area contributed by atoms with E-state index >= 15 is 0 Å². The smallest absolute Gasteiger partial charge is 0.221 e. The molecule has 0 aromatic carbocycles. The van der Waals surface area contributed by atoms with Crippen molar-refractivity contribution in [1.29, 1.82) is 0 Å². The molecule has 0 aliphatic rings. The Balaban J connectivity index is 2.08. The summed E-state index contributed by atoms with van der Waals surface area (Å²) in [5, 5.41) is 10.2. The maximum absolute atomic E-state index is 11.4. The third kappa shape index (κ3) is 6.01. The fourth-order valence-electron chi connectivity index (χ4n) is 1.37. The lowest BCUT2D eigenvalue weighted by Gasteiger charge is -2.07. The van der Waals surface area contributed by atoms with Crippen LogP contribution in [0.5, 0.6) is 0 Å². The first-order valence-corrected chi connectivity index (χ1v) is 5.92. The molecule has 2 N–H and O–H groups in total. The highest BCUT2D eigenvalue weighted by atomic mass is 16.1. The average molecular weight is 239 g/mol. The van der Waals surface area contributed by atoms with Gasteiger partial charge >= 0.3 is 0 Å². The lowest BCUT2D eigenvalue weighted by molar-refractivity contribution is -0.120. The maximum atomic E-state index is 11.4. The summed E-state index contributed by atoms with van der Waals surface area (Å²) in [5.41, 5.74) is 0. The Morgan fingerprint density at radius 2 is 2.24 bits per heavy atom. The van der Waals surface area contributed by atoms with Gasteiger partial charge in [-0.1, -0.05) is 13.8 Å². The second-order valence-electron chi connectivity index (χ2n) is 4.29. The number of carbonyl (C=O) groups excluding carboxylic acids is 1. The van der Waals surface area contributed by atoms with E-state index in [1.165, 1.54) is 0 Å². The quantitative estimate of drug-likeness (QED) is 0.695. The minimum absolute atomic E-state index is 0.0640. The average Bonchev–Trinajstić information content (AvgIpc) is 2.63. The molecule has 1 aromatic rings. The van der Waals surface area contributed by atoms with Crippen molar-refractivity contribution in [3.05, 3.63) is 12.2 Å². The van der Waals surface area contributed by atoms with E-state index in [-0.39, 0.29) is 5.91 Å². The Morgan fingerprint density at radius 3 is 2.82 bits per heavy atom. The SMILES string of the molecule is CC(C)NCCC(=O)NCCc1ncn(C)n1. The van der Waals surface area contributed by atoms with Gasteiger partial charge in [0, 0.05) is 39.0 Å². The zero-order chi connectivity index (χ0) is 12.7. The van der Waals surface area contributed by atoms with Crippen molar-refractivity contribution >= 4 is 5.91 Å². The van der Waals surface area contributed by atoms with Gasteiger partial charge in [-0.15, -0.1) is 0 Å². The summed E-state index contributed by atoms with van der Waals surface area (Å²) >= 11 is 0. The molecule has 0 spiro atoms. The summed E-state index contributed by atoms with van der Waals surface area (Å²) in [7, 11) is 1.83. The molecule has 0 atom stereocenters. The molecule has 1 aromatic heterocycles. The molecule has 0 bridgehead atoms. The molecule has 0 saturated heterocycles. The summed E-state index contributed by atoms with van der Waals surface area (Å²) in [6, 6.07) is 0.417. The van der Waals surface area contributed by atoms with Crippen molar-refractivity contribution < 1.29 is 4.79 Å². The first-order valence-electron chi connectivity index (χ1n) is 5.92. The molecule has 6 nitrogen and oxygen atoms in total. The van der Waals surface area contributed by atoms with Crippen molar-refractivity contribution in [3.63, 3.8) is 0 Å². The fraction of sp³-hybridized carbons (Fsp3) is 0.727. The minimum Gasteiger partial charge on any atom is -0.356 e. The van der Waals surface area contributed by atoms with Gasteiger partial charge in [0.25, 0.3) is 0 Å². The lowest BCUT2D eigenvalue weighted by Crippen LogP contribution is -2.31. The standard InChI is InChI=1S/C11H21N5O/c1-9(2)12-7-5-11(17)13-6-4-10-14-8-16(3)15-10/h8-9,12H,4-7H2,1-3H3,(H,13,17). The van der Waals surface area contributed by atoms with E-state index in [1.807, 2.05) is 7.05 Å². The van der Waals surface area contributed by atoms with Gasteiger partial charge in [-0.25, -0.2) is 4.98 Å². The Morgan fingerprint density at radius 1 is 1.47 bits per heavy atom. The van der Waals surface area contributed by atoms with E-state index in [2.05, 4.69) is 34.6 Å². The highest BCUT2D eigenvalue weighted by molar-refractivity contribution is 5.76. The van der Waals surface area contributed by atoms with Crippen molar-refractivity contribution in [1.82, 2.24) is 25.4 Å². The summed E-state index contributed by atoms with van der Waals surface area (Å²) in [5.74, 6) is 0.821. The van der Waals surface area contributed by atoms with Gasteiger partial charge in [-0.05, 0) is 0 Å². The second-order valence-corrected chi connectivity index (χ2v) is 4.29. The van der Waals surface area contributed by atoms with E-state index in [0.717, 1.165) is 5.82 Å². The molecule has 0 aliphatic heterocycles. The fourth-order valence-corrected chi connectivity index (χ4v) is 1.37. The predicted molar refractivity (Wildman–Crippen MR) is 65.5 cm³/mol. The van der Waals surface area contributed by atoms with Crippen molar-refractivity contribution in [2.45, 2.75) is 32.7 Å². The molecule has 0 fully saturated rings. The Bertz CT molecular complexity index is 347. The third-order valence-electron chi connectivity index (χ3n) is 2.22. The molecule has 0 unspecified atom stereocenters. The number of nitrogens with one attached hydrogen (secondary N) is 2. The van der Waals surface area contributed by atoms with Crippen LogP contribution in [0, 0.1) is 0 Å². The molecule has 17 heavy (non-hydrogen) atoms. The van der Waals surface area contributed by atoms with Gasteiger partial charge < -0.3 is 10.6 Å². The first kappa shape index (κ1) is 13.6. The molecule has 1 amide bonds. The largest absolute Gasteiger partial charge is 0.356 e. The molecular formula is C11H21N5O. The maximum Gasteiger partial charge on any atom is 0.221 e. The number of nitrogens with zero attached hydrogens (tertiary/aromatic N) is 3. The van der Waals surface area contributed by atoms with E-state index in [0.29, 0.717) is 32.0 Å². The van der Waals surface area contributed by atoms with Crippen LogP contribution < -0.4 is 10.6 Å². The summed E-state index contributed by atoms with van der Waals surface area (Å²) < 4.78 is 1.66. The molecule has 1 heterocycles. The molecule has 96 valence electrons. The topological polar surface area (TPSA) is 71.8 Å². The predicted octanol–water partition coefficient (Wildman–Crippen LogP) is -0.138. The van der Waals surface area contributed by atoms with Crippen LogP contribution in [0.25, 0.3) is 0 Å². The second kappa shape index (κ2) is 7.01. The van der Waals surface area contributed by atoms with E-state index in [9.17, 15) is 4.79 Å². The molecule has 6 heteroatoms. The van der Waals surface area contributed by atoms with E-state index < -0.39 is 0 Å². The monoisotopic (exact) mass is 239 g/mol. The number of amides is 1. The van der Waals surface area contributed by atoms with E-state index in [4.69, 9.17) is 0 Å². The Hall–Kier alpha value is -1.43. The van der Waals surface area contributed by atoms with Crippen molar-refractivity contribution in [2.24, 2.45) is 7.05 Å². The molecule has 0 saturated carbocycles. The summed E-state index contributed by atoms with van der Waals surface area (Å²) in [6.45, 7) is 5.42. The van der Waals surface area contributed by atoms with Crippen LogP contribution in [0.4, 0.5) is 0 Å². The van der Waals surface area contributed by atoms with Gasteiger partial charge in [0.05, 0.1) is 0 Å². The minimum atomic E-state index is 0.0640. The Labute approximate surface area is 102 Å². The van der Waals surface area contributed by atoms with Crippen LogP contribution >= 0.6 is 0 Å². The van der Waals surface area contributed by atoms with Crippen LogP contribution in [-0.4, -0.2) is 39.8 Å². The highest BCUT2D eigenvalue weighted by Gasteiger charge is 2.03. The number of hydrogen-bond acceptors (Lipinski definition) is 4. The van der Waals surface area contributed by atoms with Crippen LogP contribution in [0.15, 0.2) is 6.33 Å². The molecular weight excluding hydrogens is 218 g/mol. The molecule has 0 radical (unpaired) electrons. The van der Waals surface area contributed by atoms with Crippen LogP contribution in [0.2, 0.25) is 0 Å². The number of aryl methyl sites for hydroxylation is 1. The van der Waals surface area contributed by atoms with Gasteiger partial charge in [0.15, 0.2) is 5.82 Å². The lowest BCUT2D eigenvalue weighted by atomic mass is 10.3. The normalized spacial score (nSPS) is 10.8. The number of carbonyl (C=O) groups is 1. The van der Waals surface area contributed by atoms with Gasteiger partial charge in [0.2, 0.25) is 5.91 Å². The van der Waals surface area contributed by atoms with Crippen LogP contribution in [0.1, 0.15) is 26.1 Å². The molecule has 0 aliphatic carbocycles. The zero-order valence-corrected chi connectivity index (χ0v) is 10.7. The van der Waals surface area contributed by atoms with Crippen molar-refractivity contribution in [2.75, 3.05) is 13.1 Å². The van der Waals surface area contributed by atoms with E-state index in [1.54, 1.807) is 11.0 Å². The van der Waals surface area contributed by atoms with Crippen molar-refractivity contribution in [3.8, 4) is 0 Å². The first-order chi connectivity index (χ1) is 8.08. The number of aromatic nitrogens is 3. The summed E-state index contributed by atoms with van der Waals surface area (Å²) in [4.78, 5) is 15.5.